The van der Waals surface area contributed by atoms with Gasteiger partial charge >= 0.3 is 0 Å². The molecule has 2 rings (SSSR count). The van der Waals surface area contributed by atoms with Gasteiger partial charge in [-0.2, -0.15) is 4.98 Å². The molecule has 0 saturated heterocycles. The van der Waals surface area contributed by atoms with Crippen LogP contribution < -0.4 is 5.73 Å². The Morgan fingerprint density at radius 2 is 2.47 bits per heavy atom. The largest absolute Gasteiger partial charge is 0.432 e. The van der Waals surface area contributed by atoms with E-state index in [0.717, 1.165) is 31.7 Å². The number of hydrogen-bond donors (Lipinski definition) is 1. The van der Waals surface area contributed by atoms with E-state index < -0.39 is 0 Å². The van der Waals surface area contributed by atoms with Gasteiger partial charge in [-0.1, -0.05) is 13.0 Å². The monoisotopic (exact) mass is 207 g/mol. The number of aromatic nitrogens is 1. The minimum Gasteiger partial charge on any atom is -0.432 e. The molecule has 2 N–H and O–H groups in total. The van der Waals surface area contributed by atoms with E-state index in [9.17, 15) is 0 Å². The van der Waals surface area contributed by atoms with Gasteiger partial charge in [-0.15, -0.1) is 0 Å². The van der Waals surface area contributed by atoms with Crippen molar-refractivity contribution in [2.45, 2.75) is 19.8 Å². The zero-order chi connectivity index (χ0) is 10.7. The van der Waals surface area contributed by atoms with Crippen LogP contribution in [0, 0.1) is 0 Å². The van der Waals surface area contributed by atoms with E-state index in [1.807, 2.05) is 0 Å². The molecular formula is C11H17N3O. The number of nitrogens with two attached hydrogens (primary N) is 1. The highest BCUT2D eigenvalue weighted by atomic mass is 16.4. The van der Waals surface area contributed by atoms with E-state index in [1.165, 1.54) is 12.0 Å². The van der Waals surface area contributed by atoms with Gasteiger partial charge in [-0.25, -0.2) is 0 Å². The highest BCUT2D eigenvalue weighted by Crippen LogP contribution is 2.20. The van der Waals surface area contributed by atoms with Crippen LogP contribution in [0.25, 0.3) is 5.57 Å². The molecule has 1 aromatic heterocycles. The van der Waals surface area contributed by atoms with Crippen molar-refractivity contribution < 1.29 is 4.42 Å². The van der Waals surface area contributed by atoms with Gasteiger partial charge < -0.3 is 10.2 Å². The summed E-state index contributed by atoms with van der Waals surface area (Å²) in [5, 5.41) is 0. The van der Waals surface area contributed by atoms with Crippen LogP contribution in [0.3, 0.4) is 0 Å². The van der Waals surface area contributed by atoms with Crippen molar-refractivity contribution in [3.8, 4) is 0 Å². The lowest BCUT2D eigenvalue weighted by molar-refractivity contribution is 0.305. The molecule has 0 unspecified atom stereocenters. The number of hydrogen-bond acceptors (Lipinski definition) is 4. The Morgan fingerprint density at radius 3 is 3.13 bits per heavy atom. The first-order chi connectivity index (χ1) is 7.29. The molecule has 0 saturated carbocycles. The minimum atomic E-state index is 0.249. The zero-order valence-corrected chi connectivity index (χ0v) is 9.07. The third kappa shape index (κ3) is 2.39. The van der Waals surface area contributed by atoms with Gasteiger partial charge in [0.1, 0.15) is 12.0 Å². The molecule has 0 amide bonds. The molecule has 0 radical (unpaired) electrons. The molecule has 1 aliphatic rings. The van der Waals surface area contributed by atoms with Crippen LogP contribution in [-0.4, -0.2) is 29.5 Å². The summed E-state index contributed by atoms with van der Waals surface area (Å²) >= 11 is 0. The number of oxazole rings is 1. The molecule has 0 atom stereocenters. The van der Waals surface area contributed by atoms with Crippen molar-refractivity contribution in [2.24, 2.45) is 0 Å². The van der Waals surface area contributed by atoms with Gasteiger partial charge in [-0.05, 0) is 25.0 Å². The van der Waals surface area contributed by atoms with Crippen LogP contribution in [0.1, 0.15) is 25.5 Å². The van der Waals surface area contributed by atoms with Crippen LogP contribution in [0.2, 0.25) is 0 Å². The highest BCUT2D eigenvalue weighted by Gasteiger charge is 2.15. The molecular weight excluding hydrogens is 190 g/mol. The molecule has 0 aromatic carbocycles. The molecule has 82 valence electrons. The summed E-state index contributed by atoms with van der Waals surface area (Å²) in [6, 6.07) is 0.249. The Kier molecular flexibility index (Phi) is 3.06. The zero-order valence-electron chi connectivity index (χ0n) is 9.07. The Labute approximate surface area is 89.8 Å². The van der Waals surface area contributed by atoms with Crippen LogP contribution in [0.4, 0.5) is 6.01 Å². The lowest BCUT2D eigenvalue weighted by Crippen LogP contribution is -2.30. The predicted molar refractivity (Wildman–Crippen MR) is 60.2 cm³/mol. The van der Waals surface area contributed by atoms with E-state index in [-0.39, 0.29) is 6.01 Å². The lowest BCUT2D eigenvalue weighted by atomic mass is 10.1. The molecule has 4 heteroatoms. The molecule has 0 fully saturated rings. The number of anilines is 1. The van der Waals surface area contributed by atoms with Crippen molar-refractivity contribution in [1.82, 2.24) is 9.88 Å². The molecule has 0 bridgehead atoms. The maximum Gasteiger partial charge on any atom is 0.292 e. The Morgan fingerprint density at radius 1 is 1.60 bits per heavy atom. The van der Waals surface area contributed by atoms with Gasteiger partial charge in [-0.3, -0.25) is 4.90 Å². The second-order valence-electron chi connectivity index (χ2n) is 3.87. The first-order valence-electron chi connectivity index (χ1n) is 5.42. The van der Waals surface area contributed by atoms with E-state index in [1.54, 1.807) is 6.26 Å². The topological polar surface area (TPSA) is 55.3 Å². The van der Waals surface area contributed by atoms with E-state index in [0.29, 0.717) is 0 Å². The fraction of sp³-hybridized carbons (Fsp3) is 0.545. The Hall–Kier alpha value is -1.29. The highest BCUT2D eigenvalue weighted by molar-refractivity contribution is 5.64. The average Bonchev–Trinajstić information content (AvgIpc) is 2.66. The van der Waals surface area contributed by atoms with E-state index in [2.05, 4.69) is 22.9 Å². The van der Waals surface area contributed by atoms with Crippen molar-refractivity contribution in [1.29, 1.82) is 0 Å². The fourth-order valence-corrected chi connectivity index (χ4v) is 1.93. The predicted octanol–water partition coefficient (Wildman–Crippen LogP) is 1.76. The Balaban J connectivity index is 2.07. The molecule has 15 heavy (non-hydrogen) atoms. The van der Waals surface area contributed by atoms with Crippen molar-refractivity contribution in [3.63, 3.8) is 0 Å². The van der Waals surface area contributed by atoms with Gasteiger partial charge in [0.2, 0.25) is 0 Å². The number of nitrogen functional groups attached to an aromatic ring is 1. The summed E-state index contributed by atoms with van der Waals surface area (Å²) in [7, 11) is 0. The van der Waals surface area contributed by atoms with Gasteiger partial charge in [0.25, 0.3) is 6.01 Å². The molecule has 2 heterocycles. The maximum atomic E-state index is 5.46. The average molecular weight is 207 g/mol. The molecule has 0 spiro atoms. The SMILES string of the molecule is CCCN1CCC=C(c2coc(N)n2)C1. The van der Waals surface area contributed by atoms with Crippen LogP contribution in [-0.2, 0) is 0 Å². The number of rotatable bonds is 3. The van der Waals surface area contributed by atoms with Crippen LogP contribution in [0.5, 0.6) is 0 Å². The fourth-order valence-electron chi connectivity index (χ4n) is 1.93. The first kappa shape index (κ1) is 10.2. The summed E-state index contributed by atoms with van der Waals surface area (Å²) in [5.74, 6) is 0. The van der Waals surface area contributed by atoms with Crippen LogP contribution >= 0.6 is 0 Å². The first-order valence-corrected chi connectivity index (χ1v) is 5.42. The summed E-state index contributed by atoms with van der Waals surface area (Å²) in [6.45, 7) is 5.45. The second-order valence-corrected chi connectivity index (χ2v) is 3.87. The van der Waals surface area contributed by atoms with Gasteiger partial charge in [0.05, 0.1) is 0 Å². The summed E-state index contributed by atoms with van der Waals surface area (Å²) in [5.41, 5.74) is 7.57. The standard InChI is InChI=1S/C11H17N3O/c1-2-5-14-6-3-4-9(7-14)10-8-15-11(12)13-10/h4,8H,2-3,5-7H2,1H3,(H2,12,13). The third-order valence-electron chi connectivity index (χ3n) is 2.62. The summed E-state index contributed by atoms with van der Waals surface area (Å²) in [6.07, 6.45) is 6.14. The quantitative estimate of drug-likeness (QED) is 0.820. The van der Waals surface area contributed by atoms with E-state index >= 15 is 0 Å². The summed E-state index contributed by atoms with van der Waals surface area (Å²) < 4.78 is 5.02. The molecule has 0 aliphatic carbocycles. The lowest BCUT2D eigenvalue weighted by Gasteiger charge is -2.25. The van der Waals surface area contributed by atoms with Gasteiger partial charge in [0.15, 0.2) is 0 Å². The van der Waals surface area contributed by atoms with Crippen molar-refractivity contribution >= 4 is 11.6 Å². The molecule has 1 aliphatic heterocycles. The van der Waals surface area contributed by atoms with Crippen molar-refractivity contribution in [3.05, 3.63) is 18.0 Å². The molecule has 1 aromatic rings. The van der Waals surface area contributed by atoms with Crippen LogP contribution in [0.15, 0.2) is 16.8 Å². The van der Waals surface area contributed by atoms with E-state index in [4.69, 9.17) is 10.2 Å². The maximum absolute atomic E-state index is 5.46. The normalized spacial score (nSPS) is 17.8. The number of nitrogens with zero attached hydrogens (tertiary/aromatic N) is 2. The summed E-state index contributed by atoms with van der Waals surface area (Å²) in [4.78, 5) is 6.58. The van der Waals surface area contributed by atoms with Crippen molar-refractivity contribution in [2.75, 3.05) is 25.4 Å². The van der Waals surface area contributed by atoms with Gasteiger partial charge in [0, 0.05) is 13.1 Å². The third-order valence-corrected chi connectivity index (χ3v) is 2.62. The minimum absolute atomic E-state index is 0.249. The smallest absolute Gasteiger partial charge is 0.292 e. The Bertz CT molecular complexity index is 356. The second kappa shape index (κ2) is 4.49. The molecule has 4 nitrogen and oxygen atoms in total.